The number of aliphatic hydroxyl groups is 1. The number of hydrogen-bond donors (Lipinski definition) is 2. The SMILES string of the molecule is CCCC1(O)CN(C(=O)Nc2cccc(F)c2)C1. The van der Waals surface area contributed by atoms with Gasteiger partial charge < -0.3 is 15.3 Å². The van der Waals surface area contributed by atoms with Crippen molar-refractivity contribution in [2.75, 3.05) is 18.4 Å². The fourth-order valence-corrected chi connectivity index (χ4v) is 2.20. The normalized spacial score (nSPS) is 17.2. The maximum atomic E-state index is 12.9. The van der Waals surface area contributed by atoms with Gasteiger partial charge in [0.25, 0.3) is 0 Å². The van der Waals surface area contributed by atoms with E-state index in [1.165, 1.54) is 23.1 Å². The second-order valence-corrected chi connectivity index (χ2v) is 4.77. The molecule has 0 saturated carbocycles. The molecule has 18 heavy (non-hydrogen) atoms. The van der Waals surface area contributed by atoms with Crippen LogP contribution in [0.3, 0.4) is 0 Å². The van der Waals surface area contributed by atoms with E-state index in [1.807, 2.05) is 6.92 Å². The Kier molecular flexibility index (Phi) is 3.52. The second-order valence-electron chi connectivity index (χ2n) is 4.77. The van der Waals surface area contributed by atoms with Gasteiger partial charge in [-0.3, -0.25) is 0 Å². The van der Waals surface area contributed by atoms with Crippen LogP contribution in [0.5, 0.6) is 0 Å². The number of amides is 2. The summed E-state index contributed by atoms with van der Waals surface area (Å²) in [5.41, 5.74) is -0.320. The molecule has 1 fully saturated rings. The molecule has 1 aliphatic heterocycles. The molecule has 0 spiro atoms. The third kappa shape index (κ3) is 2.79. The topological polar surface area (TPSA) is 52.6 Å². The van der Waals surface area contributed by atoms with Crippen LogP contribution < -0.4 is 5.32 Å². The van der Waals surface area contributed by atoms with Crippen LogP contribution >= 0.6 is 0 Å². The van der Waals surface area contributed by atoms with Crippen LogP contribution in [0.2, 0.25) is 0 Å². The van der Waals surface area contributed by atoms with Crippen LogP contribution in [-0.2, 0) is 0 Å². The number of urea groups is 1. The van der Waals surface area contributed by atoms with Crippen molar-refractivity contribution in [3.63, 3.8) is 0 Å². The molecule has 0 aliphatic carbocycles. The van der Waals surface area contributed by atoms with Crippen LogP contribution in [0.1, 0.15) is 19.8 Å². The molecule has 4 nitrogen and oxygen atoms in total. The summed E-state index contributed by atoms with van der Waals surface area (Å²) in [7, 11) is 0. The number of benzene rings is 1. The summed E-state index contributed by atoms with van der Waals surface area (Å²) in [6, 6.07) is 5.43. The molecule has 5 heteroatoms. The van der Waals surface area contributed by atoms with Gasteiger partial charge in [0.1, 0.15) is 5.82 Å². The summed E-state index contributed by atoms with van der Waals surface area (Å²) in [5, 5.41) is 12.6. The molecular formula is C13H17FN2O2. The molecule has 1 aromatic rings. The molecule has 2 N–H and O–H groups in total. The van der Waals surface area contributed by atoms with Gasteiger partial charge in [0.2, 0.25) is 0 Å². The summed E-state index contributed by atoms with van der Waals surface area (Å²) >= 11 is 0. The van der Waals surface area contributed by atoms with Crippen molar-refractivity contribution in [1.82, 2.24) is 4.90 Å². The van der Waals surface area contributed by atoms with E-state index in [0.717, 1.165) is 6.42 Å². The first-order chi connectivity index (χ1) is 8.52. The first-order valence-corrected chi connectivity index (χ1v) is 6.06. The van der Waals surface area contributed by atoms with Gasteiger partial charge in [0, 0.05) is 5.69 Å². The Bertz CT molecular complexity index is 444. The minimum Gasteiger partial charge on any atom is -0.386 e. The van der Waals surface area contributed by atoms with Crippen molar-refractivity contribution in [3.8, 4) is 0 Å². The molecule has 0 unspecified atom stereocenters. The Hall–Kier alpha value is -1.62. The van der Waals surface area contributed by atoms with Gasteiger partial charge in [-0.2, -0.15) is 0 Å². The van der Waals surface area contributed by atoms with Gasteiger partial charge in [0.15, 0.2) is 0 Å². The van der Waals surface area contributed by atoms with Crippen LogP contribution in [0.4, 0.5) is 14.9 Å². The van der Waals surface area contributed by atoms with E-state index in [1.54, 1.807) is 6.07 Å². The minimum atomic E-state index is -0.742. The highest BCUT2D eigenvalue weighted by Gasteiger charge is 2.42. The number of carbonyl (C=O) groups excluding carboxylic acids is 1. The van der Waals surface area contributed by atoms with E-state index in [2.05, 4.69) is 5.32 Å². The van der Waals surface area contributed by atoms with E-state index >= 15 is 0 Å². The standard InChI is InChI=1S/C13H17FN2O2/c1-2-6-13(18)8-16(9-13)12(17)15-11-5-3-4-10(14)7-11/h3-5,7,18H,2,6,8-9H2,1H3,(H,15,17). The quantitative estimate of drug-likeness (QED) is 0.866. The zero-order chi connectivity index (χ0) is 13.2. The van der Waals surface area contributed by atoms with E-state index in [-0.39, 0.29) is 11.8 Å². The number of rotatable bonds is 3. The third-order valence-corrected chi connectivity index (χ3v) is 3.05. The zero-order valence-corrected chi connectivity index (χ0v) is 10.3. The lowest BCUT2D eigenvalue weighted by Gasteiger charge is -2.46. The third-order valence-electron chi connectivity index (χ3n) is 3.05. The molecule has 0 aromatic heterocycles. The van der Waals surface area contributed by atoms with Crippen LogP contribution in [-0.4, -0.2) is 34.7 Å². The molecule has 2 rings (SSSR count). The predicted octanol–water partition coefficient (Wildman–Crippen LogP) is 2.20. The first kappa shape index (κ1) is 12.8. The number of hydrogen-bond acceptors (Lipinski definition) is 2. The Balaban J connectivity index is 1.87. The van der Waals surface area contributed by atoms with Crippen molar-refractivity contribution in [2.24, 2.45) is 0 Å². The number of nitrogens with one attached hydrogen (secondary N) is 1. The number of likely N-dealkylation sites (tertiary alicyclic amines) is 1. The van der Waals surface area contributed by atoms with Gasteiger partial charge in [-0.1, -0.05) is 19.4 Å². The molecule has 0 atom stereocenters. The summed E-state index contributed by atoms with van der Waals surface area (Å²) in [4.78, 5) is 13.3. The highest BCUT2D eigenvalue weighted by atomic mass is 19.1. The van der Waals surface area contributed by atoms with Crippen molar-refractivity contribution < 1.29 is 14.3 Å². The van der Waals surface area contributed by atoms with Crippen molar-refractivity contribution in [3.05, 3.63) is 30.1 Å². The van der Waals surface area contributed by atoms with Gasteiger partial charge in [-0.25, -0.2) is 9.18 Å². The Labute approximate surface area is 105 Å². The summed E-state index contributed by atoms with van der Waals surface area (Å²) in [5.74, 6) is -0.390. The molecule has 0 radical (unpaired) electrons. The van der Waals surface area contributed by atoms with Gasteiger partial charge >= 0.3 is 6.03 Å². The van der Waals surface area contributed by atoms with Gasteiger partial charge in [-0.15, -0.1) is 0 Å². The largest absolute Gasteiger partial charge is 0.386 e. The van der Waals surface area contributed by atoms with Crippen LogP contribution in [0.25, 0.3) is 0 Å². The number of β-amino-alcohol motifs (C(OH)–C–C–N with tert-alkyl or cyclic N) is 1. The maximum Gasteiger partial charge on any atom is 0.322 e. The smallest absolute Gasteiger partial charge is 0.322 e. The number of nitrogens with zero attached hydrogens (tertiary/aromatic N) is 1. The number of anilines is 1. The molecule has 1 saturated heterocycles. The van der Waals surface area contributed by atoms with Gasteiger partial charge in [-0.05, 0) is 24.6 Å². The highest BCUT2D eigenvalue weighted by Crippen LogP contribution is 2.26. The van der Waals surface area contributed by atoms with Crippen molar-refractivity contribution >= 4 is 11.7 Å². The number of halogens is 1. The lowest BCUT2D eigenvalue weighted by Crippen LogP contribution is -2.64. The first-order valence-electron chi connectivity index (χ1n) is 6.06. The molecule has 1 heterocycles. The van der Waals surface area contributed by atoms with E-state index in [9.17, 15) is 14.3 Å². The summed E-state index contributed by atoms with van der Waals surface area (Å²) in [6.45, 7) is 2.66. The summed E-state index contributed by atoms with van der Waals surface area (Å²) in [6.07, 6.45) is 1.58. The lowest BCUT2D eigenvalue weighted by molar-refractivity contribution is -0.0792. The monoisotopic (exact) mass is 252 g/mol. The fourth-order valence-electron chi connectivity index (χ4n) is 2.20. The minimum absolute atomic E-state index is 0.304. The van der Waals surface area contributed by atoms with E-state index in [4.69, 9.17) is 0 Å². The second kappa shape index (κ2) is 4.94. The Morgan fingerprint density at radius 1 is 1.56 bits per heavy atom. The van der Waals surface area contributed by atoms with E-state index < -0.39 is 5.60 Å². The predicted molar refractivity (Wildman–Crippen MR) is 66.8 cm³/mol. The molecule has 98 valence electrons. The zero-order valence-electron chi connectivity index (χ0n) is 10.3. The molecule has 1 aromatic carbocycles. The summed E-state index contributed by atoms with van der Waals surface area (Å²) < 4.78 is 12.9. The van der Waals surface area contributed by atoms with Crippen LogP contribution in [0, 0.1) is 5.82 Å². The molecular weight excluding hydrogens is 235 g/mol. The fraction of sp³-hybridized carbons (Fsp3) is 0.462. The van der Waals surface area contributed by atoms with Crippen LogP contribution in [0.15, 0.2) is 24.3 Å². The maximum absolute atomic E-state index is 12.9. The Morgan fingerprint density at radius 2 is 2.28 bits per heavy atom. The van der Waals surface area contributed by atoms with Crippen molar-refractivity contribution in [1.29, 1.82) is 0 Å². The van der Waals surface area contributed by atoms with E-state index in [0.29, 0.717) is 25.2 Å². The molecule has 0 bridgehead atoms. The lowest BCUT2D eigenvalue weighted by atomic mass is 9.90. The average Bonchev–Trinajstić information content (AvgIpc) is 2.26. The molecule has 1 aliphatic rings. The number of carbonyl (C=O) groups is 1. The van der Waals surface area contributed by atoms with Crippen molar-refractivity contribution in [2.45, 2.75) is 25.4 Å². The Morgan fingerprint density at radius 3 is 2.89 bits per heavy atom. The molecule has 2 amide bonds. The van der Waals surface area contributed by atoms with Gasteiger partial charge in [0.05, 0.1) is 18.7 Å². The average molecular weight is 252 g/mol. The highest BCUT2D eigenvalue weighted by molar-refractivity contribution is 5.90.